The van der Waals surface area contributed by atoms with Crippen molar-refractivity contribution < 1.29 is 23.5 Å². The van der Waals surface area contributed by atoms with E-state index in [4.69, 9.17) is 4.65 Å². The molecule has 0 saturated heterocycles. The molecule has 0 aliphatic rings. The molecule has 0 saturated carbocycles. The van der Waals surface area contributed by atoms with Gasteiger partial charge >= 0.3 is 18.9 Å². The summed E-state index contributed by atoms with van der Waals surface area (Å²) >= 11 is 3.92. The number of rotatable bonds is 12. The zero-order valence-corrected chi connectivity index (χ0v) is 21.3. The van der Waals surface area contributed by atoms with Gasteiger partial charge in [0.05, 0.1) is 0 Å². The molecular formula is C23H43BBrLiO. The van der Waals surface area contributed by atoms with Crippen LogP contribution in [0.2, 0.25) is 5.31 Å². The predicted molar refractivity (Wildman–Crippen MR) is 124 cm³/mol. The molecule has 152 valence electrons. The van der Waals surface area contributed by atoms with E-state index in [0.717, 1.165) is 12.8 Å². The fourth-order valence-corrected chi connectivity index (χ4v) is 4.27. The van der Waals surface area contributed by atoms with Gasteiger partial charge in [-0.3, -0.25) is 5.82 Å². The summed E-state index contributed by atoms with van der Waals surface area (Å²) in [5.74, 6) is 7.64. The molecule has 4 heteroatoms. The van der Waals surface area contributed by atoms with Gasteiger partial charge in [-0.15, -0.1) is 21.7 Å². The van der Waals surface area contributed by atoms with Gasteiger partial charge in [0.2, 0.25) is 6.35 Å². The van der Waals surface area contributed by atoms with Crippen molar-refractivity contribution in [3.8, 4) is 11.7 Å². The van der Waals surface area contributed by atoms with Crippen molar-refractivity contribution in [2.45, 2.75) is 118 Å². The summed E-state index contributed by atoms with van der Waals surface area (Å²) in [4.78, 5) is 0. The molecule has 1 unspecified atom stereocenters. The topological polar surface area (TPSA) is 9.23 Å². The van der Waals surface area contributed by atoms with Crippen LogP contribution in [0, 0.1) is 17.7 Å². The van der Waals surface area contributed by atoms with Crippen molar-refractivity contribution in [1.29, 1.82) is 0 Å². The standard InChI is InChI=1S/C23H43BBrO.Li/c1-9-11-13-14-15-17-19-24(26-21(5)6,23(7,8)20(3)4)22(25)18-16-12-10-2;/h18,20-21H,9-16H2,1-8H3;/q-1;+1/b22-18-;. The van der Waals surface area contributed by atoms with Crippen molar-refractivity contribution in [2.24, 2.45) is 5.92 Å². The van der Waals surface area contributed by atoms with Gasteiger partial charge in [0, 0.05) is 12.5 Å². The molecule has 0 aliphatic heterocycles. The Balaban J connectivity index is 0. The molecule has 1 nitrogen and oxygen atoms in total. The Morgan fingerprint density at radius 1 is 1.04 bits per heavy atom. The van der Waals surface area contributed by atoms with Crippen molar-refractivity contribution >= 4 is 22.3 Å². The molecule has 0 heterocycles. The van der Waals surface area contributed by atoms with E-state index in [-0.39, 0.29) is 30.3 Å². The quantitative estimate of drug-likeness (QED) is 0.230. The fraction of sp³-hybridized carbons (Fsp3) is 0.826. The molecule has 0 amide bonds. The Kier molecular flexibility index (Phi) is 16.7. The minimum Gasteiger partial charge on any atom is -0.574 e. The Morgan fingerprint density at radius 3 is 2.11 bits per heavy atom. The van der Waals surface area contributed by atoms with Gasteiger partial charge in [-0.25, -0.2) is 0 Å². The molecule has 0 fully saturated rings. The van der Waals surface area contributed by atoms with E-state index in [1.807, 2.05) is 0 Å². The van der Waals surface area contributed by atoms with Crippen LogP contribution in [0.5, 0.6) is 0 Å². The second-order valence-electron chi connectivity index (χ2n) is 8.81. The minimum absolute atomic E-state index is 0. The Hall–Kier alpha value is 0.402. The van der Waals surface area contributed by atoms with E-state index >= 15 is 0 Å². The van der Waals surface area contributed by atoms with Crippen LogP contribution in [-0.2, 0) is 4.65 Å². The fourth-order valence-electron chi connectivity index (χ4n) is 3.23. The molecule has 0 radical (unpaired) electrons. The number of allylic oxidation sites excluding steroid dienone is 1. The Bertz CT molecular complexity index is 477. The molecule has 0 aromatic carbocycles. The number of hydrogen-bond acceptors (Lipinski definition) is 1. The first-order valence-corrected chi connectivity index (χ1v) is 11.6. The van der Waals surface area contributed by atoms with E-state index in [2.05, 4.69) is 89.1 Å². The van der Waals surface area contributed by atoms with E-state index in [9.17, 15) is 0 Å². The van der Waals surface area contributed by atoms with Crippen LogP contribution in [0.1, 0.15) is 107 Å². The number of hydrogen-bond donors (Lipinski definition) is 0. The van der Waals surface area contributed by atoms with Gasteiger partial charge in [0.1, 0.15) is 0 Å². The Morgan fingerprint density at radius 2 is 1.63 bits per heavy atom. The number of unbranched alkanes of at least 4 members (excludes halogenated alkanes) is 6. The van der Waals surface area contributed by atoms with Gasteiger partial charge in [-0.1, -0.05) is 95.5 Å². The average Bonchev–Trinajstić information content (AvgIpc) is 2.56. The van der Waals surface area contributed by atoms with E-state index < -0.39 is 6.35 Å². The SMILES string of the molecule is CCCC/C=C(\Br)[B-](C#CCCCCCC)(OC(C)C)C(C)(C)C(C)C.[Li+]. The Labute approximate surface area is 191 Å². The van der Waals surface area contributed by atoms with Gasteiger partial charge in [-0.2, -0.15) is 0 Å². The van der Waals surface area contributed by atoms with Crippen LogP contribution in [0.3, 0.4) is 0 Å². The molecule has 0 aromatic rings. The molecule has 0 spiro atoms. The molecule has 1 atom stereocenters. The maximum Gasteiger partial charge on any atom is 1.00 e. The minimum atomic E-state index is -1.43. The van der Waals surface area contributed by atoms with Crippen molar-refractivity contribution in [3.05, 3.63) is 10.5 Å². The zero-order chi connectivity index (χ0) is 20.2. The predicted octanol–water partition coefficient (Wildman–Crippen LogP) is 5.32. The summed E-state index contributed by atoms with van der Waals surface area (Å²) in [5.41, 5.74) is 0. The summed E-state index contributed by atoms with van der Waals surface area (Å²) in [5, 5.41) is -0.0394. The van der Waals surface area contributed by atoms with Crippen molar-refractivity contribution in [1.82, 2.24) is 0 Å². The molecule has 27 heavy (non-hydrogen) atoms. The van der Waals surface area contributed by atoms with Gasteiger partial charge < -0.3 is 4.65 Å². The third-order valence-corrected chi connectivity index (χ3v) is 6.73. The maximum atomic E-state index is 6.66. The van der Waals surface area contributed by atoms with Gasteiger partial charge in [0.15, 0.2) is 0 Å². The van der Waals surface area contributed by atoms with Crippen LogP contribution < -0.4 is 18.9 Å². The van der Waals surface area contributed by atoms with E-state index in [0.29, 0.717) is 5.92 Å². The van der Waals surface area contributed by atoms with Crippen LogP contribution in [0.25, 0.3) is 0 Å². The first-order valence-electron chi connectivity index (χ1n) is 10.8. The van der Waals surface area contributed by atoms with Gasteiger partial charge in [0.25, 0.3) is 0 Å². The summed E-state index contributed by atoms with van der Waals surface area (Å²) in [6.07, 6.45) is 10.5. The van der Waals surface area contributed by atoms with Gasteiger partial charge in [-0.05, 0) is 26.7 Å². The second kappa shape index (κ2) is 15.3. The molecule has 0 aromatic heterocycles. The van der Waals surface area contributed by atoms with Crippen LogP contribution in [-0.4, -0.2) is 12.5 Å². The van der Waals surface area contributed by atoms with E-state index in [1.54, 1.807) is 0 Å². The monoisotopic (exact) mass is 432 g/mol. The van der Waals surface area contributed by atoms with Crippen LogP contribution >= 0.6 is 15.9 Å². The normalized spacial score (nSPS) is 14.6. The average molecular weight is 433 g/mol. The summed E-state index contributed by atoms with van der Waals surface area (Å²) < 4.78 is 7.82. The first kappa shape index (κ1) is 29.6. The smallest absolute Gasteiger partial charge is 0.574 e. The molecule has 0 aliphatic carbocycles. The summed E-state index contributed by atoms with van der Waals surface area (Å²) in [6, 6.07) is 0. The molecule has 0 N–H and O–H groups in total. The third-order valence-electron chi connectivity index (χ3n) is 5.76. The third kappa shape index (κ3) is 9.63. The maximum absolute atomic E-state index is 6.66. The van der Waals surface area contributed by atoms with Crippen LogP contribution in [0.4, 0.5) is 0 Å². The molecule has 0 rings (SSSR count). The zero-order valence-electron chi connectivity index (χ0n) is 19.8. The van der Waals surface area contributed by atoms with Crippen molar-refractivity contribution in [3.63, 3.8) is 0 Å². The first-order chi connectivity index (χ1) is 12.2. The largest absolute Gasteiger partial charge is 1.00 e. The van der Waals surface area contributed by atoms with E-state index in [1.165, 1.54) is 42.9 Å². The summed E-state index contributed by atoms with van der Waals surface area (Å²) in [6.45, 7) is 18.0. The van der Waals surface area contributed by atoms with Crippen molar-refractivity contribution in [2.75, 3.05) is 0 Å². The van der Waals surface area contributed by atoms with Crippen LogP contribution in [0.15, 0.2) is 10.5 Å². The second-order valence-corrected chi connectivity index (χ2v) is 9.73. The molecule has 0 bridgehead atoms. The summed E-state index contributed by atoms with van der Waals surface area (Å²) in [7, 11) is 0. The number of halogens is 1. The molecular weight excluding hydrogens is 390 g/mol.